The van der Waals surface area contributed by atoms with E-state index in [9.17, 15) is 0 Å². The fraction of sp³-hybridized carbons (Fsp3) is 0.500. The lowest BCUT2D eigenvalue weighted by molar-refractivity contribution is 0.654. The molecule has 0 saturated carbocycles. The number of thiophene rings is 1. The summed E-state index contributed by atoms with van der Waals surface area (Å²) in [4.78, 5) is 1.39. The Morgan fingerprint density at radius 1 is 1.62 bits per heavy atom. The molecule has 1 saturated heterocycles. The SMILES string of the molecule is Cc1ccsc1[C@H]1CNC[C@H]1C#N. The lowest BCUT2D eigenvalue weighted by Crippen LogP contribution is -2.07. The second kappa shape index (κ2) is 3.49. The van der Waals surface area contributed by atoms with Gasteiger partial charge in [0.05, 0.1) is 12.0 Å². The molecular formula is C10H12N2S. The van der Waals surface area contributed by atoms with Crippen LogP contribution in [0.2, 0.25) is 0 Å². The van der Waals surface area contributed by atoms with Crippen molar-refractivity contribution in [3.05, 3.63) is 21.9 Å². The Morgan fingerprint density at radius 3 is 3.08 bits per heavy atom. The molecule has 0 unspecified atom stereocenters. The van der Waals surface area contributed by atoms with Gasteiger partial charge in [-0.1, -0.05) is 0 Å². The van der Waals surface area contributed by atoms with Gasteiger partial charge in [0, 0.05) is 23.9 Å². The third kappa shape index (κ3) is 1.48. The fourth-order valence-electron chi connectivity index (χ4n) is 1.85. The molecule has 1 fully saturated rings. The molecule has 0 radical (unpaired) electrons. The number of aryl methyl sites for hydroxylation is 1. The molecule has 1 N–H and O–H groups in total. The van der Waals surface area contributed by atoms with Crippen LogP contribution >= 0.6 is 11.3 Å². The van der Waals surface area contributed by atoms with Crippen LogP contribution in [0, 0.1) is 24.2 Å². The molecule has 0 aliphatic carbocycles. The summed E-state index contributed by atoms with van der Waals surface area (Å²) in [5.74, 6) is 0.586. The van der Waals surface area contributed by atoms with Crippen LogP contribution in [0.25, 0.3) is 0 Å². The lowest BCUT2D eigenvalue weighted by atomic mass is 9.94. The summed E-state index contributed by atoms with van der Waals surface area (Å²) >= 11 is 1.77. The van der Waals surface area contributed by atoms with E-state index in [0.717, 1.165) is 13.1 Å². The van der Waals surface area contributed by atoms with Gasteiger partial charge < -0.3 is 5.32 Å². The van der Waals surface area contributed by atoms with E-state index in [4.69, 9.17) is 5.26 Å². The second-order valence-corrected chi connectivity index (χ2v) is 4.42. The van der Waals surface area contributed by atoms with Gasteiger partial charge in [-0.2, -0.15) is 5.26 Å². The Bertz CT molecular complexity index is 337. The summed E-state index contributed by atoms with van der Waals surface area (Å²) < 4.78 is 0. The van der Waals surface area contributed by atoms with Crippen LogP contribution in [0.15, 0.2) is 11.4 Å². The molecule has 1 aromatic rings. The van der Waals surface area contributed by atoms with Gasteiger partial charge in [-0.3, -0.25) is 0 Å². The first kappa shape index (κ1) is 8.74. The van der Waals surface area contributed by atoms with Gasteiger partial charge in [-0.25, -0.2) is 0 Å². The van der Waals surface area contributed by atoms with Crippen molar-refractivity contribution in [1.29, 1.82) is 5.26 Å². The van der Waals surface area contributed by atoms with Crippen molar-refractivity contribution in [3.8, 4) is 6.07 Å². The van der Waals surface area contributed by atoms with Crippen LogP contribution in [-0.2, 0) is 0 Å². The van der Waals surface area contributed by atoms with Crippen LogP contribution in [0.5, 0.6) is 0 Å². The first-order valence-corrected chi connectivity index (χ1v) is 5.35. The van der Waals surface area contributed by atoms with Crippen molar-refractivity contribution in [3.63, 3.8) is 0 Å². The number of nitrogens with zero attached hydrogens (tertiary/aromatic N) is 1. The van der Waals surface area contributed by atoms with Gasteiger partial charge in [0.2, 0.25) is 0 Å². The molecule has 68 valence electrons. The summed E-state index contributed by atoms with van der Waals surface area (Å²) in [5.41, 5.74) is 1.33. The third-order valence-corrected chi connectivity index (χ3v) is 3.77. The van der Waals surface area contributed by atoms with E-state index < -0.39 is 0 Å². The minimum absolute atomic E-state index is 0.164. The molecule has 2 rings (SSSR count). The van der Waals surface area contributed by atoms with E-state index in [1.165, 1.54) is 10.4 Å². The molecule has 1 aliphatic rings. The maximum Gasteiger partial charge on any atom is 0.0676 e. The summed E-state index contributed by atoms with van der Waals surface area (Å²) in [7, 11) is 0. The lowest BCUT2D eigenvalue weighted by Gasteiger charge is -2.10. The zero-order chi connectivity index (χ0) is 9.26. The molecular weight excluding hydrogens is 180 g/mol. The maximum absolute atomic E-state index is 8.94. The Labute approximate surface area is 82.2 Å². The molecule has 1 aromatic heterocycles. The fourth-order valence-corrected chi connectivity index (χ4v) is 2.95. The monoisotopic (exact) mass is 192 g/mol. The smallest absolute Gasteiger partial charge is 0.0676 e. The molecule has 2 atom stereocenters. The van der Waals surface area contributed by atoms with E-state index in [2.05, 4.69) is 29.8 Å². The highest BCUT2D eigenvalue weighted by molar-refractivity contribution is 7.10. The van der Waals surface area contributed by atoms with Gasteiger partial charge in [0.1, 0.15) is 0 Å². The van der Waals surface area contributed by atoms with Crippen molar-refractivity contribution in [2.24, 2.45) is 5.92 Å². The molecule has 13 heavy (non-hydrogen) atoms. The maximum atomic E-state index is 8.94. The minimum atomic E-state index is 0.164. The predicted molar refractivity (Wildman–Crippen MR) is 53.8 cm³/mol. The number of hydrogen-bond acceptors (Lipinski definition) is 3. The quantitative estimate of drug-likeness (QED) is 0.737. The zero-order valence-corrected chi connectivity index (χ0v) is 8.40. The van der Waals surface area contributed by atoms with Crippen molar-refractivity contribution in [2.75, 3.05) is 13.1 Å². The molecule has 0 bridgehead atoms. The Balaban J connectivity index is 2.27. The topological polar surface area (TPSA) is 35.8 Å². The van der Waals surface area contributed by atoms with Gasteiger partial charge in [0.15, 0.2) is 0 Å². The largest absolute Gasteiger partial charge is 0.315 e. The summed E-state index contributed by atoms with van der Waals surface area (Å²) in [5, 5.41) is 14.3. The standard InChI is InChI=1S/C10H12N2S/c1-7-2-3-13-10(7)9-6-12-5-8(9)4-11/h2-3,8-9,12H,5-6H2,1H3/t8-,9+/m1/s1. The number of rotatable bonds is 1. The highest BCUT2D eigenvalue weighted by Crippen LogP contribution is 2.33. The average molecular weight is 192 g/mol. The van der Waals surface area contributed by atoms with Gasteiger partial charge in [-0.05, 0) is 23.9 Å². The Kier molecular flexibility index (Phi) is 2.34. The summed E-state index contributed by atoms with van der Waals surface area (Å²) in [6.45, 7) is 3.93. The minimum Gasteiger partial charge on any atom is -0.315 e. The highest BCUT2D eigenvalue weighted by atomic mass is 32.1. The Hall–Kier alpha value is -0.850. The molecule has 1 aliphatic heterocycles. The molecule has 2 heterocycles. The molecule has 0 spiro atoms. The molecule has 0 amide bonds. The molecule has 2 nitrogen and oxygen atoms in total. The van der Waals surface area contributed by atoms with Crippen LogP contribution in [0.3, 0.4) is 0 Å². The Morgan fingerprint density at radius 2 is 2.46 bits per heavy atom. The first-order valence-electron chi connectivity index (χ1n) is 4.47. The van der Waals surface area contributed by atoms with Crippen LogP contribution < -0.4 is 5.32 Å². The number of nitriles is 1. The van der Waals surface area contributed by atoms with Crippen molar-refractivity contribution >= 4 is 11.3 Å². The van der Waals surface area contributed by atoms with E-state index >= 15 is 0 Å². The highest BCUT2D eigenvalue weighted by Gasteiger charge is 2.29. The average Bonchev–Trinajstić information content (AvgIpc) is 2.71. The van der Waals surface area contributed by atoms with Gasteiger partial charge in [0.25, 0.3) is 0 Å². The number of hydrogen-bond donors (Lipinski definition) is 1. The summed E-state index contributed by atoms with van der Waals surface area (Å²) in [6, 6.07) is 4.51. The third-order valence-electron chi connectivity index (χ3n) is 2.62. The zero-order valence-electron chi connectivity index (χ0n) is 7.58. The van der Waals surface area contributed by atoms with Crippen LogP contribution in [0.1, 0.15) is 16.4 Å². The van der Waals surface area contributed by atoms with E-state index in [-0.39, 0.29) is 5.92 Å². The van der Waals surface area contributed by atoms with Gasteiger partial charge >= 0.3 is 0 Å². The normalized spacial score (nSPS) is 27.4. The van der Waals surface area contributed by atoms with Crippen LogP contribution in [-0.4, -0.2) is 13.1 Å². The van der Waals surface area contributed by atoms with Gasteiger partial charge in [-0.15, -0.1) is 11.3 Å². The van der Waals surface area contributed by atoms with E-state index in [0.29, 0.717) is 5.92 Å². The van der Waals surface area contributed by atoms with Crippen molar-refractivity contribution < 1.29 is 0 Å². The van der Waals surface area contributed by atoms with Crippen molar-refractivity contribution in [1.82, 2.24) is 5.32 Å². The second-order valence-electron chi connectivity index (χ2n) is 3.47. The predicted octanol–water partition coefficient (Wildman–Crippen LogP) is 1.88. The molecule has 3 heteroatoms. The first-order chi connectivity index (χ1) is 6.33. The van der Waals surface area contributed by atoms with Crippen molar-refractivity contribution in [2.45, 2.75) is 12.8 Å². The molecule has 0 aromatic carbocycles. The van der Waals surface area contributed by atoms with E-state index in [1.54, 1.807) is 11.3 Å². The van der Waals surface area contributed by atoms with E-state index in [1.807, 2.05) is 0 Å². The van der Waals surface area contributed by atoms with Crippen LogP contribution in [0.4, 0.5) is 0 Å². The summed E-state index contributed by atoms with van der Waals surface area (Å²) in [6.07, 6.45) is 0. The number of nitrogens with one attached hydrogen (secondary N) is 1.